The van der Waals surface area contributed by atoms with Crippen molar-refractivity contribution in [2.75, 3.05) is 33.4 Å². The highest BCUT2D eigenvalue weighted by Gasteiger charge is 2.54. The molecule has 3 N–H and O–H groups in total. The number of amides is 3. The van der Waals surface area contributed by atoms with Crippen LogP contribution in [0.2, 0.25) is 0 Å². The number of urea groups is 1. The van der Waals surface area contributed by atoms with E-state index >= 15 is 0 Å². The number of rotatable bonds is 5. The van der Waals surface area contributed by atoms with Gasteiger partial charge >= 0.3 is 6.03 Å². The van der Waals surface area contributed by atoms with Crippen molar-refractivity contribution < 1.29 is 19.4 Å². The predicted molar refractivity (Wildman–Crippen MR) is 118 cm³/mol. The summed E-state index contributed by atoms with van der Waals surface area (Å²) in [5.41, 5.74) is 2.53. The fourth-order valence-corrected chi connectivity index (χ4v) is 5.05. The van der Waals surface area contributed by atoms with Crippen molar-refractivity contribution in [1.29, 1.82) is 0 Å². The van der Waals surface area contributed by atoms with Gasteiger partial charge in [-0.3, -0.25) is 4.79 Å². The highest BCUT2D eigenvalue weighted by Crippen LogP contribution is 2.48. The Balaban J connectivity index is 1.78. The molecule has 0 radical (unpaired) electrons. The smallest absolute Gasteiger partial charge is 0.317 e. The van der Waals surface area contributed by atoms with Gasteiger partial charge in [-0.2, -0.15) is 0 Å². The number of aliphatic hydroxyl groups excluding tert-OH is 1. The highest BCUT2D eigenvalue weighted by molar-refractivity contribution is 5.90. The van der Waals surface area contributed by atoms with Gasteiger partial charge in [0.05, 0.1) is 25.2 Å². The number of aromatic amines is 1. The fraction of sp³-hybridized carbons (Fsp3) is 0.565. The Morgan fingerprint density at radius 3 is 2.68 bits per heavy atom. The number of carbonyl (C=O) groups excluding carboxylic acids is 2. The Morgan fingerprint density at radius 1 is 1.32 bits per heavy atom. The Morgan fingerprint density at radius 2 is 2.06 bits per heavy atom. The Hall–Kier alpha value is -2.74. The molecule has 168 valence electrons. The first kappa shape index (κ1) is 21.5. The quantitative estimate of drug-likeness (QED) is 0.682. The molecule has 0 aliphatic carbocycles. The number of H-pyrrole nitrogens is 1. The average molecular weight is 429 g/mol. The van der Waals surface area contributed by atoms with E-state index in [1.54, 1.807) is 16.9 Å². The molecule has 1 saturated heterocycles. The van der Waals surface area contributed by atoms with Crippen LogP contribution in [0.4, 0.5) is 4.79 Å². The zero-order valence-corrected chi connectivity index (χ0v) is 18.7. The largest absolute Gasteiger partial charge is 0.497 e. The molecule has 1 fully saturated rings. The number of hydrogen-bond donors (Lipinski definition) is 3. The van der Waals surface area contributed by atoms with Gasteiger partial charge < -0.3 is 29.9 Å². The third-order valence-corrected chi connectivity index (χ3v) is 6.39. The van der Waals surface area contributed by atoms with Gasteiger partial charge in [-0.25, -0.2) is 4.79 Å². The Labute approximate surface area is 182 Å². The van der Waals surface area contributed by atoms with Crippen molar-refractivity contribution in [3.05, 3.63) is 29.5 Å². The van der Waals surface area contributed by atoms with Gasteiger partial charge in [0.15, 0.2) is 0 Å². The molecule has 1 spiro atoms. The zero-order valence-electron chi connectivity index (χ0n) is 18.7. The monoisotopic (exact) mass is 428 g/mol. The number of nitrogens with one attached hydrogen (secondary N) is 2. The van der Waals surface area contributed by atoms with Gasteiger partial charge in [0.1, 0.15) is 5.75 Å². The van der Waals surface area contributed by atoms with Crippen molar-refractivity contribution in [3.8, 4) is 5.75 Å². The van der Waals surface area contributed by atoms with E-state index in [4.69, 9.17) is 4.74 Å². The molecule has 2 aromatic rings. The van der Waals surface area contributed by atoms with Crippen LogP contribution < -0.4 is 10.1 Å². The van der Waals surface area contributed by atoms with Crippen LogP contribution in [0.15, 0.2) is 18.2 Å². The maximum atomic E-state index is 13.0. The summed E-state index contributed by atoms with van der Waals surface area (Å²) in [6, 6.07) is 5.45. The molecule has 8 nitrogen and oxygen atoms in total. The van der Waals surface area contributed by atoms with Gasteiger partial charge in [-0.05, 0) is 38.0 Å². The second-order valence-electron chi connectivity index (χ2n) is 9.04. The van der Waals surface area contributed by atoms with Crippen molar-refractivity contribution >= 4 is 22.8 Å². The minimum Gasteiger partial charge on any atom is -0.497 e. The predicted octanol–water partition coefficient (Wildman–Crippen LogP) is 2.52. The summed E-state index contributed by atoms with van der Waals surface area (Å²) in [7, 11) is 1.63. The van der Waals surface area contributed by atoms with Crippen LogP contribution in [0.3, 0.4) is 0 Å². The standard InChI is InChI=1S/C23H32N4O4/c1-5-6-19(29)27-13-23(11-26(12-23)22(30)24-14(2)3)20-16-8-7-15(31-4)9-17(16)25-21(20)18(27)10-28/h7-9,14,18,25,28H,5-6,10-13H2,1-4H3,(H,24,30)/t18-/m0/s1. The second-order valence-corrected chi connectivity index (χ2v) is 9.04. The Bertz CT molecular complexity index is 993. The minimum atomic E-state index is -0.420. The average Bonchev–Trinajstić information content (AvgIpc) is 3.09. The first-order valence-electron chi connectivity index (χ1n) is 11.0. The van der Waals surface area contributed by atoms with Crippen LogP contribution >= 0.6 is 0 Å². The number of methoxy groups -OCH3 is 1. The Kier molecular flexibility index (Phi) is 5.60. The van der Waals surface area contributed by atoms with Crippen molar-refractivity contribution in [2.24, 2.45) is 0 Å². The highest BCUT2D eigenvalue weighted by atomic mass is 16.5. The molecular formula is C23H32N4O4. The first-order chi connectivity index (χ1) is 14.8. The first-order valence-corrected chi connectivity index (χ1v) is 11.0. The molecule has 0 bridgehead atoms. The van der Waals surface area contributed by atoms with Gasteiger partial charge in [-0.1, -0.05) is 6.92 Å². The molecule has 4 rings (SSSR count). The second kappa shape index (κ2) is 8.07. The summed E-state index contributed by atoms with van der Waals surface area (Å²) in [5.74, 6) is 0.777. The number of aliphatic hydroxyl groups is 1. The number of carbonyl (C=O) groups is 2. The van der Waals surface area contributed by atoms with Crippen molar-refractivity contribution in [2.45, 2.75) is 51.1 Å². The fourth-order valence-electron chi connectivity index (χ4n) is 5.05. The van der Waals surface area contributed by atoms with Crippen LogP contribution in [0.1, 0.15) is 50.9 Å². The molecule has 3 heterocycles. The number of nitrogens with zero attached hydrogens (tertiary/aromatic N) is 2. The van der Waals surface area contributed by atoms with Crippen LogP contribution in [0, 0.1) is 0 Å². The summed E-state index contributed by atoms with van der Waals surface area (Å²) < 4.78 is 5.38. The lowest BCUT2D eigenvalue weighted by molar-refractivity contribution is -0.138. The number of fused-ring (bicyclic) bond motifs is 4. The summed E-state index contributed by atoms with van der Waals surface area (Å²) in [6.45, 7) is 7.27. The topological polar surface area (TPSA) is 97.9 Å². The molecule has 31 heavy (non-hydrogen) atoms. The summed E-state index contributed by atoms with van der Waals surface area (Å²) in [5, 5.41) is 14.2. The summed E-state index contributed by atoms with van der Waals surface area (Å²) >= 11 is 0. The normalized spacial score (nSPS) is 19.5. The van der Waals surface area contributed by atoms with E-state index in [2.05, 4.69) is 10.3 Å². The maximum absolute atomic E-state index is 13.0. The van der Waals surface area contributed by atoms with Crippen LogP contribution in [0.5, 0.6) is 5.75 Å². The van der Waals surface area contributed by atoms with E-state index in [0.717, 1.165) is 34.3 Å². The van der Waals surface area contributed by atoms with E-state index in [9.17, 15) is 14.7 Å². The molecule has 2 aliphatic rings. The van der Waals surface area contributed by atoms with Crippen LogP contribution in [-0.4, -0.2) is 71.2 Å². The summed E-state index contributed by atoms with van der Waals surface area (Å²) in [4.78, 5) is 32.6. The SMILES string of the molecule is CCCC(=O)N1CC2(CN(C(=O)NC(C)C)C2)c2c([nH]c3cc(OC)ccc23)[C@@H]1CO. The molecule has 2 aliphatic heterocycles. The summed E-state index contributed by atoms with van der Waals surface area (Å²) in [6.07, 6.45) is 1.19. The number of likely N-dealkylation sites (tertiary alicyclic amines) is 1. The van der Waals surface area contributed by atoms with E-state index in [-0.39, 0.29) is 30.0 Å². The third-order valence-electron chi connectivity index (χ3n) is 6.39. The van der Waals surface area contributed by atoms with E-state index in [0.29, 0.717) is 26.1 Å². The third kappa shape index (κ3) is 3.52. The number of benzene rings is 1. The van der Waals surface area contributed by atoms with E-state index in [1.165, 1.54) is 0 Å². The lowest BCUT2D eigenvalue weighted by Gasteiger charge is -2.56. The molecule has 8 heteroatoms. The van der Waals surface area contributed by atoms with Gasteiger partial charge in [-0.15, -0.1) is 0 Å². The molecule has 0 saturated carbocycles. The van der Waals surface area contributed by atoms with E-state index < -0.39 is 6.04 Å². The van der Waals surface area contributed by atoms with Gasteiger partial charge in [0.2, 0.25) is 5.91 Å². The van der Waals surface area contributed by atoms with Crippen molar-refractivity contribution in [1.82, 2.24) is 20.1 Å². The molecule has 3 amide bonds. The molecule has 1 aromatic heterocycles. The lowest BCUT2D eigenvalue weighted by atomic mass is 9.68. The van der Waals surface area contributed by atoms with Gasteiger partial charge in [0.25, 0.3) is 0 Å². The number of aromatic nitrogens is 1. The molecular weight excluding hydrogens is 396 g/mol. The molecule has 0 unspecified atom stereocenters. The zero-order chi connectivity index (χ0) is 22.3. The van der Waals surface area contributed by atoms with Crippen molar-refractivity contribution in [3.63, 3.8) is 0 Å². The molecule has 1 atom stereocenters. The molecule has 1 aromatic carbocycles. The lowest BCUT2D eigenvalue weighted by Crippen LogP contribution is -2.69. The van der Waals surface area contributed by atoms with E-state index in [1.807, 2.05) is 39.0 Å². The number of ether oxygens (including phenoxy) is 1. The van der Waals surface area contributed by atoms with Crippen LogP contribution in [0.25, 0.3) is 10.9 Å². The maximum Gasteiger partial charge on any atom is 0.317 e. The van der Waals surface area contributed by atoms with Crippen LogP contribution in [-0.2, 0) is 10.2 Å². The minimum absolute atomic E-state index is 0.0351. The number of hydrogen-bond acceptors (Lipinski definition) is 4. The van der Waals surface area contributed by atoms with Gasteiger partial charge in [0, 0.05) is 54.8 Å².